The highest BCUT2D eigenvalue weighted by Crippen LogP contribution is 2.28. The largest absolute Gasteiger partial charge is 0.489 e. The van der Waals surface area contributed by atoms with E-state index in [9.17, 15) is 5.11 Å². The van der Waals surface area contributed by atoms with E-state index in [1.807, 2.05) is 41.1 Å². The molecule has 0 aliphatic rings. The van der Waals surface area contributed by atoms with E-state index in [-0.39, 0.29) is 5.54 Å². The first-order valence-corrected chi connectivity index (χ1v) is 10.3. The van der Waals surface area contributed by atoms with E-state index in [4.69, 9.17) is 4.74 Å². The number of aliphatic hydroxyl groups excluding tert-OH is 1. The lowest BCUT2D eigenvalue weighted by atomic mass is 9.91. The molecule has 1 atom stereocenters. The van der Waals surface area contributed by atoms with Gasteiger partial charge in [-0.1, -0.05) is 42.5 Å². The molecule has 1 aromatic heterocycles. The van der Waals surface area contributed by atoms with Crippen molar-refractivity contribution < 1.29 is 9.84 Å². The summed E-state index contributed by atoms with van der Waals surface area (Å²) in [5, 5.41) is 13.8. The lowest BCUT2D eigenvalue weighted by Gasteiger charge is -2.29. The van der Waals surface area contributed by atoms with Gasteiger partial charge >= 0.3 is 0 Å². The zero-order chi connectivity index (χ0) is 21.4. The van der Waals surface area contributed by atoms with Crippen molar-refractivity contribution in [1.29, 1.82) is 0 Å². The Kier molecular flexibility index (Phi) is 7.44. The third kappa shape index (κ3) is 6.05. The number of nitrogens with one attached hydrogen (secondary N) is 1. The third-order valence-electron chi connectivity index (χ3n) is 5.14. The van der Waals surface area contributed by atoms with Crippen LogP contribution in [0.3, 0.4) is 0 Å². The topological polar surface area (TPSA) is 59.3 Å². The molecule has 5 nitrogen and oxygen atoms in total. The molecule has 158 valence electrons. The van der Waals surface area contributed by atoms with Gasteiger partial charge in [-0.15, -0.1) is 6.58 Å². The first-order valence-electron chi connectivity index (χ1n) is 10.3. The van der Waals surface area contributed by atoms with Crippen LogP contribution in [-0.2, 0) is 25.1 Å². The Labute approximate surface area is 179 Å². The maximum atomic E-state index is 10.3. The molecule has 2 N–H and O–H groups in total. The quantitative estimate of drug-likeness (QED) is 0.472. The van der Waals surface area contributed by atoms with E-state index < -0.39 is 6.10 Å². The Morgan fingerprint density at radius 3 is 2.73 bits per heavy atom. The van der Waals surface area contributed by atoms with Crippen molar-refractivity contribution in [1.82, 2.24) is 14.9 Å². The maximum Gasteiger partial charge on any atom is 0.123 e. The summed E-state index contributed by atoms with van der Waals surface area (Å²) in [7, 11) is 0. The SMILES string of the molecule is C=CCc1cc(C(C)(C)NCC(O)Cn2ccnc2)ccc1OCc1ccccc1. The van der Waals surface area contributed by atoms with Crippen molar-refractivity contribution in [3.8, 4) is 5.75 Å². The molecule has 0 aliphatic carbocycles. The van der Waals surface area contributed by atoms with Crippen molar-refractivity contribution in [3.63, 3.8) is 0 Å². The highest BCUT2D eigenvalue weighted by atomic mass is 16.5. The molecule has 1 heterocycles. The second kappa shape index (κ2) is 10.2. The highest BCUT2D eigenvalue weighted by Gasteiger charge is 2.22. The third-order valence-corrected chi connectivity index (χ3v) is 5.14. The zero-order valence-corrected chi connectivity index (χ0v) is 17.8. The Hall–Kier alpha value is -2.89. The van der Waals surface area contributed by atoms with Crippen molar-refractivity contribution in [3.05, 3.63) is 96.6 Å². The molecule has 0 amide bonds. The fraction of sp³-hybridized carbons (Fsp3) is 0.320. The van der Waals surface area contributed by atoms with E-state index in [2.05, 4.69) is 55.0 Å². The van der Waals surface area contributed by atoms with Gasteiger partial charge in [-0.05, 0) is 49.1 Å². The number of nitrogens with zero attached hydrogens (tertiary/aromatic N) is 2. The number of benzene rings is 2. The number of allylic oxidation sites excluding steroid dienone is 1. The van der Waals surface area contributed by atoms with Crippen LogP contribution in [0.25, 0.3) is 0 Å². The number of aromatic nitrogens is 2. The summed E-state index contributed by atoms with van der Waals surface area (Å²) in [6.45, 7) is 9.66. The van der Waals surface area contributed by atoms with Crippen molar-refractivity contribution in [2.75, 3.05) is 6.54 Å². The van der Waals surface area contributed by atoms with Gasteiger partial charge in [0.05, 0.1) is 19.0 Å². The van der Waals surface area contributed by atoms with E-state index in [1.54, 1.807) is 12.5 Å². The van der Waals surface area contributed by atoms with Crippen LogP contribution in [0.5, 0.6) is 5.75 Å². The second-order valence-corrected chi connectivity index (χ2v) is 8.01. The predicted molar refractivity (Wildman–Crippen MR) is 120 cm³/mol. The van der Waals surface area contributed by atoms with Gasteiger partial charge in [0, 0.05) is 24.5 Å². The fourth-order valence-electron chi connectivity index (χ4n) is 3.34. The van der Waals surface area contributed by atoms with Crippen LogP contribution in [0.4, 0.5) is 0 Å². The minimum absolute atomic E-state index is 0.302. The van der Waals surface area contributed by atoms with Crippen molar-refractivity contribution >= 4 is 0 Å². The number of ether oxygens (including phenoxy) is 1. The maximum absolute atomic E-state index is 10.3. The first-order chi connectivity index (χ1) is 14.5. The summed E-state index contributed by atoms with van der Waals surface area (Å²) in [5.41, 5.74) is 3.08. The van der Waals surface area contributed by atoms with Gasteiger partial charge in [0.2, 0.25) is 0 Å². The van der Waals surface area contributed by atoms with Crippen LogP contribution in [0, 0.1) is 0 Å². The fourth-order valence-corrected chi connectivity index (χ4v) is 3.34. The molecule has 0 saturated heterocycles. The molecule has 1 unspecified atom stereocenters. The zero-order valence-electron chi connectivity index (χ0n) is 17.8. The summed E-state index contributed by atoms with van der Waals surface area (Å²) >= 11 is 0. The van der Waals surface area contributed by atoms with Gasteiger partial charge in [0.15, 0.2) is 0 Å². The lowest BCUT2D eigenvalue weighted by molar-refractivity contribution is 0.140. The lowest BCUT2D eigenvalue weighted by Crippen LogP contribution is -2.42. The molecule has 5 heteroatoms. The molecular weight excluding hydrogens is 374 g/mol. The molecule has 0 saturated carbocycles. The molecule has 2 aromatic carbocycles. The van der Waals surface area contributed by atoms with Crippen LogP contribution in [-0.4, -0.2) is 27.3 Å². The molecule has 30 heavy (non-hydrogen) atoms. The molecule has 3 aromatic rings. The van der Waals surface area contributed by atoms with Crippen molar-refractivity contribution in [2.24, 2.45) is 0 Å². The number of rotatable bonds is 11. The number of hydrogen-bond donors (Lipinski definition) is 2. The molecular formula is C25H31N3O2. The Bertz CT molecular complexity index is 921. The Morgan fingerprint density at radius 2 is 2.03 bits per heavy atom. The smallest absolute Gasteiger partial charge is 0.123 e. The van der Waals surface area contributed by atoms with E-state index >= 15 is 0 Å². The van der Waals surface area contributed by atoms with Gasteiger partial charge in [-0.25, -0.2) is 4.98 Å². The van der Waals surface area contributed by atoms with Crippen LogP contribution < -0.4 is 10.1 Å². The minimum Gasteiger partial charge on any atom is -0.489 e. The van der Waals surface area contributed by atoms with Gasteiger partial charge in [0.25, 0.3) is 0 Å². The summed E-state index contributed by atoms with van der Waals surface area (Å²) in [6, 6.07) is 16.4. The molecule has 0 spiro atoms. The van der Waals surface area contributed by atoms with E-state index in [0.717, 1.165) is 28.9 Å². The average molecular weight is 406 g/mol. The molecule has 0 bridgehead atoms. The van der Waals surface area contributed by atoms with Gasteiger partial charge in [-0.3, -0.25) is 0 Å². The van der Waals surface area contributed by atoms with Gasteiger partial charge in [0.1, 0.15) is 12.4 Å². The summed E-state index contributed by atoms with van der Waals surface area (Å²) < 4.78 is 7.96. The summed E-state index contributed by atoms with van der Waals surface area (Å²) in [4.78, 5) is 4.01. The van der Waals surface area contributed by atoms with Crippen LogP contribution in [0.2, 0.25) is 0 Å². The Morgan fingerprint density at radius 1 is 1.23 bits per heavy atom. The highest BCUT2D eigenvalue weighted by molar-refractivity contribution is 5.41. The predicted octanol–water partition coefficient (Wildman–Crippen LogP) is 4.08. The van der Waals surface area contributed by atoms with Crippen molar-refractivity contribution in [2.45, 2.75) is 45.1 Å². The molecule has 0 radical (unpaired) electrons. The first kappa shape index (κ1) is 21.8. The summed E-state index contributed by atoms with van der Waals surface area (Å²) in [5.74, 6) is 0.874. The van der Waals surface area contributed by atoms with Crippen LogP contribution >= 0.6 is 0 Å². The second-order valence-electron chi connectivity index (χ2n) is 8.01. The monoisotopic (exact) mass is 405 g/mol. The number of hydrogen-bond acceptors (Lipinski definition) is 4. The van der Waals surface area contributed by atoms with Gasteiger partial charge in [-0.2, -0.15) is 0 Å². The molecule has 0 fully saturated rings. The van der Waals surface area contributed by atoms with Gasteiger partial charge < -0.3 is 19.7 Å². The molecule has 0 aliphatic heterocycles. The summed E-state index contributed by atoms with van der Waals surface area (Å²) in [6.07, 6.45) is 7.40. The average Bonchev–Trinajstić information content (AvgIpc) is 3.25. The Balaban J connectivity index is 1.66. The van der Waals surface area contributed by atoms with Crippen LogP contribution in [0.1, 0.15) is 30.5 Å². The van der Waals surface area contributed by atoms with E-state index in [1.165, 1.54) is 0 Å². The standard InChI is InChI=1S/C25H31N3O2/c1-4-8-21-15-22(11-12-24(21)30-18-20-9-6-5-7-10-20)25(2,3)27-16-23(29)17-28-14-13-26-19-28/h4-7,9-15,19,23,27,29H,1,8,16-18H2,2-3H3. The van der Waals surface area contributed by atoms with Crippen LogP contribution in [0.15, 0.2) is 79.9 Å². The molecule has 3 rings (SSSR count). The van der Waals surface area contributed by atoms with E-state index in [0.29, 0.717) is 19.7 Å². The normalized spacial score (nSPS) is 12.5. The number of imidazole rings is 1. The minimum atomic E-state index is -0.500. The number of aliphatic hydroxyl groups is 1.